The van der Waals surface area contributed by atoms with Crippen molar-refractivity contribution in [1.82, 2.24) is 0 Å². The van der Waals surface area contributed by atoms with Gasteiger partial charge in [-0.1, -0.05) is 50.3 Å². The molecule has 0 saturated carbocycles. The average Bonchev–Trinajstić information content (AvgIpc) is 2.64. The Kier molecular flexibility index (Phi) is 4.97. The van der Waals surface area contributed by atoms with Gasteiger partial charge in [0.2, 0.25) is 0 Å². The van der Waals surface area contributed by atoms with Gasteiger partial charge < -0.3 is 0 Å². The lowest BCUT2D eigenvalue weighted by molar-refractivity contribution is -0.104. The van der Waals surface area contributed by atoms with Crippen molar-refractivity contribution in [3.63, 3.8) is 0 Å². The normalized spacial score (nSPS) is 12.5. The van der Waals surface area contributed by atoms with E-state index in [1.807, 2.05) is 13.0 Å². The molecule has 0 saturated heterocycles. The highest BCUT2D eigenvalue weighted by atomic mass is 16.1. The van der Waals surface area contributed by atoms with E-state index in [0.29, 0.717) is 5.92 Å². The number of aldehydes is 1. The molecule has 2 rings (SSSR count). The van der Waals surface area contributed by atoms with Crippen molar-refractivity contribution < 1.29 is 4.79 Å². The lowest BCUT2D eigenvalue weighted by Crippen LogP contribution is -1.84. The molecule has 0 fully saturated rings. The molecule has 1 heteroatoms. The Hall–Kier alpha value is -2.15. The second-order valence-corrected chi connectivity index (χ2v) is 6.27. The Balaban J connectivity index is 2.58. The maximum atomic E-state index is 10.5. The zero-order valence-corrected chi connectivity index (χ0v) is 14.1. The lowest BCUT2D eigenvalue weighted by Gasteiger charge is -2.04. The first-order valence-electron chi connectivity index (χ1n) is 7.78. The van der Waals surface area contributed by atoms with Crippen molar-refractivity contribution in [2.24, 2.45) is 0 Å². The Morgan fingerprint density at radius 2 is 1.82 bits per heavy atom. The maximum absolute atomic E-state index is 10.5. The minimum Gasteiger partial charge on any atom is -0.299 e. The van der Waals surface area contributed by atoms with Gasteiger partial charge in [0.1, 0.15) is 6.29 Å². The molecule has 1 nitrogen and oxygen atoms in total. The van der Waals surface area contributed by atoms with Crippen LogP contribution in [-0.4, -0.2) is 6.29 Å². The average molecular weight is 292 g/mol. The van der Waals surface area contributed by atoms with Crippen LogP contribution < -0.4 is 0 Å². The molecule has 2 aliphatic carbocycles. The fourth-order valence-corrected chi connectivity index (χ4v) is 2.76. The highest BCUT2D eigenvalue weighted by molar-refractivity contribution is 5.84. The summed E-state index contributed by atoms with van der Waals surface area (Å²) in [5.41, 5.74) is 8.75. The molecule has 0 aliphatic heterocycles. The van der Waals surface area contributed by atoms with Crippen molar-refractivity contribution in [3.05, 3.63) is 64.2 Å². The van der Waals surface area contributed by atoms with Gasteiger partial charge in [0.15, 0.2) is 0 Å². The largest absolute Gasteiger partial charge is 0.299 e. The molecule has 0 aromatic rings. The Morgan fingerprint density at radius 1 is 1.09 bits per heavy atom. The molecule has 0 aromatic heterocycles. The Labute approximate surface area is 133 Å². The summed E-state index contributed by atoms with van der Waals surface area (Å²) in [5.74, 6) is 0.515. The van der Waals surface area contributed by atoms with Crippen molar-refractivity contribution in [3.8, 4) is 11.1 Å². The highest BCUT2D eigenvalue weighted by Gasteiger charge is 2.14. The summed E-state index contributed by atoms with van der Waals surface area (Å²) in [6.45, 7) is 10.7. The van der Waals surface area contributed by atoms with Crippen LogP contribution in [0.5, 0.6) is 0 Å². The van der Waals surface area contributed by atoms with Gasteiger partial charge in [0, 0.05) is 0 Å². The molecular formula is C21H24O. The first-order chi connectivity index (χ1) is 10.4. The number of aryl methyl sites for hydroxylation is 2. The van der Waals surface area contributed by atoms with E-state index < -0.39 is 0 Å². The van der Waals surface area contributed by atoms with Crippen LogP contribution in [-0.2, 0) is 4.79 Å². The Morgan fingerprint density at radius 3 is 2.45 bits per heavy atom. The summed E-state index contributed by atoms with van der Waals surface area (Å²) >= 11 is 0. The number of carbonyl (C=O) groups excluding carboxylic acids is 1. The van der Waals surface area contributed by atoms with E-state index in [2.05, 4.69) is 58.0 Å². The van der Waals surface area contributed by atoms with Crippen molar-refractivity contribution in [2.75, 3.05) is 0 Å². The molecule has 2 aliphatic rings. The number of hydrogen-bond donors (Lipinski definition) is 0. The van der Waals surface area contributed by atoms with Crippen molar-refractivity contribution >= 4 is 12.4 Å². The number of hydrogen-bond acceptors (Lipinski definition) is 1. The van der Waals surface area contributed by atoms with Gasteiger partial charge in [-0.15, -0.1) is 0 Å². The second kappa shape index (κ2) is 6.74. The molecule has 0 N–H and O–H groups in total. The number of allylic oxidation sites excluding steroid dienone is 3. The van der Waals surface area contributed by atoms with Crippen LogP contribution in [0.25, 0.3) is 17.2 Å². The summed E-state index contributed by atoms with van der Waals surface area (Å²) < 4.78 is 0. The van der Waals surface area contributed by atoms with Gasteiger partial charge in [-0.25, -0.2) is 0 Å². The van der Waals surface area contributed by atoms with E-state index in [9.17, 15) is 4.79 Å². The molecule has 22 heavy (non-hydrogen) atoms. The first kappa shape index (κ1) is 16.2. The molecule has 114 valence electrons. The summed E-state index contributed by atoms with van der Waals surface area (Å²) in [6, 6.07) is 8.98. The number of carbonyl (C=O) groups is 1. The number of fused-ring (bicyclic) bond motifs is 1. The third-order valence-corrected chi connectivity index (χ3v) is 4.11. The minimum atomic E-state index is 0.515. The van der Waals surface area contributed by atoms with E-state index in [1.54, 1.807) is 6.08 Å². The van der Waals surface area contributed by atoms with Crippen molar-refractivity contribution in [1.29, 1.82) is 0 Å². The molecular weight excluding hydrogens is 268 g/mol. The van der Waals surface area contributed by atoms with Crippen LogP contribution >= 0.6 is 0 Å². The van der Waals surface area contributed by atoms with E-state index in [-0.39, 0.29) is 0 Å². The zero-order valence-electron chi connectivity index (χ0n) is 14.1. The quantitative estimate of drug-likeness (QED) is 0.402. The summed E-state index contributed by atoms with van der Waals surface area (Å²) in [7, 11) is 0. The van der Waals surface area contributed by atoms with E-state index in [0.717, 1.165) is 11.9 Å². The monoisotopic (exact) mass is 292 g/mol. The van der Waals surface area contributed by atoms with E-state index >= 15 is 0 Å². The molecule has 0 radical (unpaired) electrons. The third kappa shape index (κ3) is 3.36. The highest BCUT2D eigenvalue weighted by Crippen LogP contribution is 2.36. The molecule has 0 atom stereocenters. The zero-order chi connectivity index (χ0) is 16.3. The van der Waals surface area contributed by atoms with E-state index in [1.165, 1.54) is 33.4 Å². The van der Waals surface area contributed by atoms with E-state index in [4.69, 9.17) is 0 Å². The number of rotatable bonds is 4. The summed E-state index contributed by atoms with van der Waals surface area (Å²) in [6.07, 6.45) is 6.51. The smallest absolute Gasteiger partial charge is 0.143 e. The maximum Gasteiger partial charge on any atom is 0.143 e. The minimum absolute atomic E-state index is 0.515. The van der Waals surface area contributed by atoms with Gasteiger partial charge in [-0.3, -0.25) is 4.79 Å². The topological polar surface area (TPSA) is 17.1 Å². The summed E-state index contributed by atoms with van der Waals surface area (Å²) in [4.78, 5) is 10.5. The molecule has 0 unspecified atom stereocenters. The fourth-order valence-electron chi connectivity index (χ4n) is 2.76. The predicted molar refractivity (Wildman–Crippen MR) is 95.5 cm³/mol. The molecule has 0 spiro atoms. The van der Waals surface area contributed by atoms with Crippen LogP contribution in [0.1, 0.15) is 48.9 Å². The van der Waals surface area contributed by atoms with Gasteiger partial charge in [0.05, 0.1) is 0 Å². The van der Waals surface area contributed by atoms with Crippen LogP contribution in [0, 0.1) is 13.8 Å². The molecule has 0 bridgehead atoms. The standard InChI is InChI=1S/C21H24O/c1-14(2)18-9-7-16(4)21-19(8-6-15(3)10-11-22)12-17(5)20(21)13-18/h6-14H,1-5H3/b8-6+,15-10+. The molecule has 0 heterocycles. The Bertz CT molecular complexity index is 717. The predicted octanol–water partition coefficient (Wildman–Crippen LogP) is 5.69. The van der Waals surface area contributed by atoms with Gasteiger partial charge in [-0.2, -0.15) is 0 Å². The third-order valence-electron chi connectivity index (χ3n) is 4.11. The second-order valence-electron chi connectivity index (χ2n) is 6.27. The van der Waals surface area contributed by atoms with Crippen LogP contribution in [0.3, 0.4) is 0 Å². The van der Waals surface area contributed by atoms with Crippen molar-refractivity contribution in [2.45, 2.75) is 40.5 Å². The van der Waals surface area contributed by atoms with Crippen LogP contribution in [0.15, 0.2) is 42.0 Å². The molecule has 0 amide bonds. The van der Waals surface area contributed by atoms with Crippen LogP contribution in [0.2, 0.25) is 0 Å². The van der Waals surface area contributed by atoms with Gasteiger partial charge in [-0.05, 0) is 71.7 Å². The molecule has 0 aromatic carbocycles. The lowest BCUT2D eigenvalue weighted by atomic mass is 10.0. The van der Waals surface area contributed by atoms with Crippen LogP contribution in [0.4, 0.5) is 0 Å². The SMILES string of the molecule is CC(/C=C/c1cc(C)c2cc(C(C)C)ccc(C)c1-2)=C\C=O. The van der Waals surface area contributed by atoms with Gasteiger partial charge in [0.25, 0.3) is 0 Å². The first-order valence-corrected chi connectivity index (χ1v) is 7.78. The van der Waals surface area contributed by atoms with Gasteiger partial charge >= 0.3 is 0 Å². The fraction of sp³-hybridized carbons (Fsp3) is 0.286. The summed E-state index contributed by atoms with van der Waals surface area (Å²) in [5, 5.41) is 0.